The summed E-state index contributed by atoms with van der Waals surface area (Å²) in [7, 11) is -3.72. The second-order valence-electron chi connectivity index (χ2n) is 4.44. The van der Waals surface area contributed by atoms with E-state index in [1.807, 2.05) is 0 Å². The highest BCUT2D eigenvalue weighted by molar-refractivity contribution is 7.99. The molecule has 0 saturated carbocycles. The molecule has 0 aliphatic rings. The number of nitrogens with two attached hydrogens (primary N) is 1. The van der Waals surface area contributed by atoms with Crippen LogP contribution in [0.3, 0.4) is 0 Å². The lowest BCUT2D eigenvalue weighted by Crippen LogP contribution is -2.40. The number of hydrogen-bond donors (Lipinski definition) is 3. The zero-order chi connectivity index (χ0) is 17.1. The van der Waals surface area contributed by atoms with Crippen molar-refractivity contribution in [1.82, 2.24) is 4.72 Å². The number of hydrogen-bond acceptors (Lipinski definition) is 4. The molecule has 0 radical (unpaired) electrons. The minimum Gasteiger partial charge on any atom is -0.387 e. The van der Waals surface area contributed by atoms with Gasteiger partial charge >= 0.3 is 12.1 Å². The second kappa shape index (κ2) is 6.63. The Labute approximate surface area is 124 Å². The Hall–Kier alpha value is -1.65. The molecular weight excluding hydrogens is 328 g/mol. The monoisotopic (exact) mass is 342 g/mol. The number of benzene rings is 1. The van der Waals surface area contributed by atoms with Crippen molar-refractivity contribution in [2.24, 2.45) is 5.73 Å². The lowest BCUT2D eigenvalue weighted by atomic mass is 10.0. The summed E-state index contributed by atoms with van der Waals surface area (Å²) in [6.45, 7) is -0.976. The molecule has 0 aliphatic heterocycles. The maximum absolute atomic E-state index is 12.4. The van der Waals surface area contributed by atoms with Gasteiger partial charge in [-0.05, 0) is 23.6 Å². The topological polar surface area (TPSA) is 92.4 Å². The Morgan fingerprint density at radius 3 is 2.27 bits per heavy atom. The first-order valence-electron chi connectivity index (χ1n) is 5.85. The summed E-state index contributed by atoms with van der Waals surface area (Å²) < 4.78 is 62.1. The van der Waals surface area contributed by atoms with Crippen LogP contribution in [0.2, 0.25) is 0 Å². The van der Waals surface area contributed by atoms with E-state index in [-0.39, 0.29) is 10.5 Å². The largest absolute Gasteiger partial charge is 0.472 e. The standard InChI is InChI=1S/C12H14F4N2O3S/c1-22(21,18-11(20)12(14,15)16)8-4-2-7(3-5-8)10(19)9(17)6-13/h2-5,9-10,19H,1,6,17H2,(H,18,20,21). The van der Waals surface area contributed by atoms with Crippen molar-refractivity contribution in [3.05, 3.63) is 29.8 Å². The van der Waals surface area contributed by atoms with Gasteiger partial charge in [0.2, 0.25) is 0 Å². The smallest absolute Gasteiger partial charge is 0.387 e. The van der Waals surface area contributed by atoms with Crippen molar-refractivity contribution in [2.75, 3.05) is 6.67 Å². The van der Waals surface area contributed by atoms with Crippen LogP contribution < -0.4 is 10.5 Å². The van der Waals surface area contributed by atoms with Gasteiger partial charge in [0.05, 0.1) is 21.9 Å². The summed E-state index contributed by atoms with van der Waals surface area (Å²) in [4.78, 5) is 10.6. The number of alkyl halides is 4. The molecule has 1 aromatic carbocycles. The van der Waals surface area contributed by atoms with Gasteiger partial charge in [0.15, 0.2) is 0 Å². The van der Waals surface area contributed by atoms with Gasteiger partial charge in [-0.25, -0.2) is 8.60 Å². The van der Waals surface area contributed by atoms with Crippen LogP contribution in [0.15, 0.2) is 29.2 Å². The number of carbonyl (C=O) groups is 1. The minimum absolute atomic E-state index is 0.185. The van der Waals surface area contributed by atoms with E-state index < -0.39 is 40.6 Å². The summed E-state index contributed by atoms with van der Waals surface area (Å²) in [6.07, 6.45) is -6.52. The lowest BCUT2D eigenvalue weighted by molar-refractivity contribution is -0.171. The number of amides is 1. The first-order valence-corrected chi connectivity index (χ1v) is 7.57. The maximum atomic E-state index is 12.4. The number of carbonyl (C=O) groups excluding carboxylic acids is 1. The van der Waals surface area contributed by atoms with Crippen LogP contribution in [0, 0.1) is 0 Å². The number of aliphatic hydroxyl groups excluding tert-OH is 1. The van der Waals surface area contributed by atoms with E-state index in [1.165, 1.54) is 16.9 Å². The Morgan fingerprint density at radius 2 is 1.86 bits per heavy atom. The molecule has 1 aromatic rings. The predicted octanol–water partition coefficient (Wildman–Crippen LogP) is 0.686. The number of nitrogens with one attached hydrogen (secondary N) is 1. The molecule has 1 rings (SSSR count). The Morgan fingerprint density at radius 1 is 1.36 bits per heavy atom. The van der Waals surface area contributed by atoms with Crippen LogP contribution in [0.1, 0.15) is 11.7 Å². The van der Waals surface area contributed by atoms with Gasteiger partial charge < -0.3 is 10.8 Å². The molecule has 3 unspecified atom stereocenters. The van der Waals surface area contributed by atoms with Gasteiger partial charge in [0.1, 0.15) is 6.67 Å². The van der Waals surface area contributed by atoms with Gasteiger partial charge in [-0.1, -0.05) is 12.1 Å². The van der Waals surface area contributed by atoms with Gasteiger partial charge in [-0.2, -0.15) is 13.2 Å². The van der Waals surface area contributed by atoms with Crippen LogP contribution in [0.25, 0.3) is 0 Å². The van der Waals surface area contributed by atoms with Gasteiger partial charge in [0.25, 0.3) is 0 Å². The molecule has 0 bridgehead atoms. The van der Waals surface area contributed by atoms with Gasteiger partial charge in [-0.15, -0.1) is 0 Å². The molecule has 124 valence electrons. The Bertz CT molecular complexity index is 629. The van der Waals surface area contributed by atoms with Crippen LogP contribution in [-0.2, 0) is 14.5 Å². The maximum Gasteiger partial charge on any atom is 0.472 e. The van der Waals surface area contributed by atoms with Crippen LogP contribution >= 0.6 is 0 Å². The van der Waals surface area contributed by atoms with Crippen molar-refractivity contribution in [3.63, 3.8) is 0 Å². The molecule has 22 heavy (non-hydrogen) atoms. The number of rotatable bonds is 5. The molecule has 0 aliphatic carbocycles. The molecule has 0 spiro atoms. The van der Waals surface area contributed by atoms with Crippen LogP contribution in [0.4, 0.5) is 17.6 Å². The lowest BCUT2D eigenvalue weighted by Gasteiger charge is -2.17. The quantitative estimate of drug-likeness (QED) is 0.542. The fraction of sp³-hybridized carbons (Fsp3) is 0.333. The van der Waals surface area contributed by atoms with Gasteiger partial charge in [-0.3, -0.25) is 9.52 Å². The van der Waals surface area contributed by atoms with Gasteiger partial charge in [0, 0.05) is 4.90 Å². The average molecular weight is 342 g/mol. The number of aliphatic hydroxyl groups is 1. The van der Waals surface area contributed by atoms with E-state index in [2.05, 4.69) is 5.87 Å². The zero-order valence-corrected chi connectivity index (χ0v) is 12.0. The van der Waals surface area contributed by atoms with Crippen molar-refractivity contribution < 1.29 is 31.7 Å². The third-order valence-electron chi connectivity index (χ3n) is 2.70. The van der Waals surface area contributed by atoms with Crippen molar-refractivity contribution >= 4 is 21.5 Å². The Kier molecular flexibility index (Phi) is 5.54. The molecule has 0 saturated heterocycles. The van der Waals surface area contributed by atoms with E-state index in [4.69, 9.17) is 5.73 Å². The summed E-state index contributed by atoms with van der Waals surface area (Å²) in [5.41, 5.74) is 5.50. The predicted molar refractivity (Wildman–Crippen MR) is 73.1 cm³/mol. The Balaban J connectivity index is 2.97. The van der Waals surface area contributed by atoms with E-state index in [0.29, 0.717) is 0 Å². The molecular formula is C12H14F4N2O3S. The molecule has 0 fully saturated rings. The minimum atomic E-state index is -5.19. The second-order valence-corrected chi connectivity index (χ2v) is 6.46. The van der Waals surface area contributed by atoms with Crippen molar-refractivity contribution in [2.45, 2.75) is 23.2 Å². The van der Waals surface area contributed by atoms with E-state index in [0.717, 1.165) is 12.1 Å². The first-order chi connectivity index (χ1) is 9.99. The highest BCUT2D eigenvalue weighted by Crippen LogP contribution is 2.20. The molecule has 5 nitrogen and oxygen atoms in total. The summed E-state index contributed by atoms with van der Waals surface area (Å²) in [5.74, 6) is 0.690. The molecule has 0 heterocycles. The third-order valence-corrected chi connectivity index (χ3v) is 4.25. The van der Waals surface area contributed by atoms with Crippen molar-refractivity contribution in [1.29, 1.82) is 0 Å². The molecule has 0 aromatic heterocycles. The molecule has 10 heteroatoms. The van der Waals surface area contributed by atoms with E-state index >= 15 is 0 Å². The summed E-state index contributed by atoms with van der Waals surface area (Å²) in [5, 5.41) is 9.66. The first kappa shape index (κ1) is 18.4. The molecule has 3 atom stereocenters. The SMILES string of the molecule is C=S(=O)(NC(=O)C(F)(F)F)c1ccc(C(O)C(N)CF)cc1. The van der Waals surface area contributed by atoms with Crippen LogP contribution in [-0.4, -0.2) is 40.0 Å². The fourth-order valence-electron chi connectivity index (χ4n) is 1.48. The fourth-order valence-corrected chi connectivity index (χ4v) is 2.59. The number of halogens is 4. The van der Waals surface area contributed by atoms with E-state index in [1.54, 1.807) is 0 Å². The third kappa shape index (κ3) is 4.42. The summed E-state index contributed by atoms with van der Waals surface area (Å²) >= 11 is 0. The summed E-state index contributed by atoms with van der Waals surface area (Å²) in [6, 6.07) is 3.46. The zero-order valence-electron chi connectivity index (χ0n) is 11.1. The average Bonchev–Trinajstić information content (AvgIpc) is 2.44. The van der Waals surface area contributed by atoms with Crippen molar-refractivity contribution in [3.8, 4) is 0 Å². The van der Waals surface area contributed by atoms with E-state index in [9.17, 15) is 31.7 Å². The normalized spacial score (nSPS) is 17.4. The van der Waals surface area contributed by atoms with Crippen LogP contribution in [0.5, 0.6) is 0 Å². The molecule has 1 amide bonds. The molecule has 4 N–H and O–H groups in total. The highest BCUT2D eigenvalue weighted by Gasteiger charge is 2.40. The highest BCUT2D eigenvalue weighted by atomic mass is 32.2.